The highest BCUT2D eigenvalue weighted by molar-refractivity contribution is 5.76. The smallest absolute Gasteiger partial charge is 0.220 e. The van der Waals surface area contributed by atoms with E-state index < -0.39 is 0 Å². The van der Waals surface area contributed by atoms with E-state index >= 15 is 0 Å². The molecular weight excluding hydrogens is 224 g/mol. The number of amides is 1. The summed E-state index contributed by atoms with van der Waals surface area (Å²) in [5.74, 6) is 1.49. The topological polar surface area (TPSA) is 55.1 Å². The van der Waals surface area contributed by atoms with Crippen molar-refractivity contribution in [3.8, 4) is 0 Å². The normalized spacial score (nSPS) is 37.2. The van der Waals surface area contributed by atoms with Gasteiger partial charge in [-0.1, -0.05) is 19.8 Å². The molecule has 0 aromatic heterocycles. The van der Waals surface area contributed by atoms with E-state index in [9.17, 15) is 4.79 Å². The molecule has 104 valence electrons. The van der Waals surface area contributed by atoms with Gasteiger partial charge in [-0.15, -0.1) is 0 Å². The summed E-state index contributed by atoms with van der Waals surface area (Å²) in [4.78, 5) is 12.0. The highest BCUT2D eigenvalue weighted by Gasteiger charge is 2.26. The highest BCUT2D eigenvalue weighted by atomic mass is 16.1. The lowest BCUT2D eigenvalue weighted by atomic mass is 9.82. The standard InChI is InChI=1S/C15H28N2O/c1-11-6-8-13(9-7-11)17-15(18)10-12-4-2-3-5-14(12)16/h11-14H,2-10,16H2,1H3,(H,17,18). The van der Waals surface area contributed by atoms with Gasteiger partial charge in [0.1, 0.15) is 0 Å². The van der Waals surface area contributed by atoms with Gasteiger partial charge in [0, 0.05) is 18.5 Å². The molecule has 0 aromatic carbocycles. The van der Waals surface area contributed by atoms with Crippen molar-refractivity contribution in [1.82, 2.24) is 5.32 Å². The largest absolute Gasteiger partial charge is 0.353 e. The predicted molar refractivity (Wildman–Crippen MR) is 74.1 cm³/mol. The predicted octanol–water partition coefficient (Wildman–Crippen LogP) is 2.59. The van der Waals surface area contributed by atoms with Crippen molar-refractivity contribution >= 4 is 5.91 Å². The van der Waals surface area contributed by atoms with Crippen LogP contribution in [0.1, 0.15) is 64.7 Å². The highest BCUT2D eigenvalue weighted by Crippen LogP contribution is 2.27. The van der Waals surface area contributed by atoms with Crippen molar-refractivity contribution < 1.29 is 4.79 Å². The molecular formula is C15H28N2O. The molecule has 3 heteroatoms. The van der Waals surface area contributed by atoms with Gasteiger partial charge in [-0.05, 0) is 50.4 Å². The monoisotopic (exact) mass is 252 g/mol. The van der Waals surface area contributed by atoms with Crippen LogP contribution in [0.5, 0.6) is 0 Å². The minimum Gasteiger partial charge on any atom is -0.353 e. The van der Waals surface area contributed by atoms with Crippen LogP contribution < -0.4 is 11.1 Å². The van der Waals surface area contributed by atoms with Crippen LogP contribution in [0.4, 0.5) is 0 Å². The number of nitrogens with two attached hydrogens (primary N) is 1. The van der Waals surface area contributed by atoms with Crippen molar-refractivity contribution in [3.05, 3.63) is 0 Å². The number of hydrogen-bond donors (Lipinski definition) is 2. The Balaban J connectivity index is 1.71. The molecule has 0 spiro atoms. The van der Waals surface area contributed by atoms with Crippen LogP contribution in [-0.2, 0) is 4.79 Å². The summed E-state index contributed by atoms with van der Waals surface area (Å²) in [6, 6.07) is 0.671. The van der Waals surface area contributed by atoms with E-state index in [-0.39, 0.29) is 11.9 Å². The molecule has 2 rings (SSSR count). The van der Waals surface area contributed by atoms with Crippen LogP contribution in [0.15, 0.2) is 0 Å². The van der Waals surface area contributed by atoms with Gasteiger partial charge in [0.15, 0.2) is 0 Å². The molecule has 0 heterocycles. The first-order valence-corrected chi connectivity index (χ1v) is 7.70. The van der Waals surface area contributed by atoms with Gasteiger partial charge in [-0.25, -0.2) is 0 Å². The molecule has 3 N–H and O–H groups in total. The fraction of sp³-hybridized carbons (Fsp3) is 0.933. The van der Waals surface area contributed by atoms with E-state index in [1.54, 1.807) is 0 Å². The van der Waals surface area contributed by atoms with E-state index in [1.165, 1.54) is 25.7 Å². The maximum atomic E-state index is 12.0. The van der Waals surface area contributed by atoms with Crippen molar-refractivity contribution in [2.45, 2.75) is 76.8 Å². The Kier molecular flexibility index (Phi) is 5.04. The third-order valence-electron chi connectivity index (χ3n) is 4.80. The second kappa shape index (κ2) is 6.55. The zero-order chi connectivity index (χ0) is 13.0. The van der Waals surface area contributed by atoms with E-state index in [4.69, 9.17) is 5.73 Å². The number of carbonyl (C=O) groups is 1. The Morgan fingerprint density at radius 1 is 1.11 bits per heavy atom. The van der Waals surface area contributed by atoms with Gasteiger partial charge < -0.3 is 11.1 Å². The molecule has 2 fully saturated rings. The number of nitrogens with one attached hydrogen (secondary N) is 1. The molecule has 0 radical (unpaired) electrons. The molecule has 3 nitrogen and oxygen atoms in total. The van der Waals surface area contributed by atoms with Crippen LogP contribution in [0, 0.1) is 11.8 Å². The minimum absolute atomic E-state index is 0.233. The Morgan fingerprint density at radius 3 is 2.44 bits per heavy atom. The van der Waals surface area contributed by atoms with Crippen LogP contribution in [-0.4, -0.2) is 18.0 Å². The summed E-state index contributed by atoms with van der Waals surface area (Å²) in [5, 5.41) is 3.21. The summed E-state index contributed by atoms with van der Waals surface area (Å²) in [6.07, 6.45) is 10.2. The number of rotatable bonds is 3. The molecule has 1 amide bonds. The minimum atomic E-state index is 0.233. The first-order valence-electron chi connectivity index (χ1n) is 7.70. The van der Waals surface area contributed by atoms with Gasteiger partial charge in [0.05, 0.1) is 0 Å². The Bertz CT molecular complexity index is 272. The molecule has 2 saturated carbocycles. The quantitative estimate of drug-likeness (QED) is 0.811. The second-order valence-electron chi connectivity index (χ2n) is 6.44. The van der Waals surface area contributed by atoms with Crippen LogP contribution in [0.3, 0.4) is 0 Å². The van der Waals surface area contributed by atoms with Gasteiger partial charge in [-0.2, -0.15) is 0 Å². The number of carbonyl (C=O) groups excluding carboxylic acids is 1. The van der Waals surface area contributed by atoms with Gasteiger partial charge in [0.25, 0.3) is 0 Å². The summed E-state index contributed by atoms with van der Waals surface area (Å²) < 4.78 is 0. The van der Waals surface area contributed by atoms with Crippen LogP contribution in [0.2, 0.25) is 0 Å². The molecule has 18 heavy (non-hydrogen) atoms. The average molecular weight is 252 g/mol. The van der Waals surface area contributed by atoms with E-state index in [2.05, 4.69) is 12.2 Å². The SMILES string of the molecule is CC1CCC(NC(=O)CC2CCCCC2N)CC1. The molecule has 0 saturated heterocycles. The lowest BCUT2D eigenvalue weighted by Crippen LogP contribution is -2.41. The zero-order valence-corrected chi connectivity index (χ0v) is 11.7. The Morgan fingerprint density at radius 2 is 1.78 bits per heavy atom. The maximum Gasteiger partial charge on any atom is 0.220 e. The maximum absolute atomic E-state index is 12.0. The average Bonchev–Trinajstić information content (AvgIpc) is 2.35. The first kappa shape index (κ1) is 13.9. The Hall–Kier alpha value is -0.570. The van der Waals surface area contributed by atoms with E-state index in [0.717, 1.165) is 31.6 Å². The summed E-state index contributed by atoms with van der Waals surface area (Å²) >= 11 is 0. The zero-order valence-electron chi connectivity index (χ0n) is 11.7. The lowest BCUT2D eigenvalue weighted by Gasteiger charge is -2.30. The van der Waals surface area contributed by atoms with Crippen molar-refractivity contribution in [2.24, 2.45) is 17.6 Å². The van der Waals surface area contributed by atoms with Gasteiger partial charge >= 0.3 is 0 Å². The summed E-state index contributed by atoms with van der Waals surface area (Å²) in [5.41, 5.74) is 6.10. The van der Waals surface area contributed by atoms with Crippen molar-refractivity contribution in [3.63, 3.8) is 0 Å². The summed E-state index contributed by atoms with van der Waals surface area (Å²) in [7, 11) is 0. The molecule has 0 aromatic rings. The van der Waals surface area contributed by atoms with E-state index in [0.29, 0.717) is 18.4 Å². The molecule has 2 atom stereocenters. The fourth-order valence-electron chi connectivity index (χ4n) is 3.42. The van der Waals surface area contributed by atoms with Gasteiger partial charge in [0.2, 0.25) is 5.91 Å². The third-order valence-corrected chi connectivity index (χ3v) is 4.80. The van der Waals surface area contributed by atoms with Crippen LogP contribution in [0.25, 0.3) is 0 Å². The molecule has 2 aliphatic rings. The van der Waals surface area contributed by atoms with Crippen LogP contribution >= 0.6 is 0 Å². The number of hydrogen-bond acceptors (Lipinski definition) is 2. The third kappa shape index (κ3) is 3.98. The molecule has 0 aliphatic heterocycles. The molecule has 2 aliphatic carbocycles. The van der Waals surface area contributed by atoms with Crippen molar-refractivity contribution in [2.75, 3.05) is 0 Å². The second-order valence-corrected chi connectivity index (χ2v) is 6.44. The Labute approximate surface area is 111 Å². The molecule has 0 bridgehead atoms. The van der Waals surface area contributed by atoms with Crippen molar-refractivity contribution in [1.29, 1.82) is 0 Å². The first-order chi connectivity index (χ1) is 8.65. The van der Waals surface area contributed by atoms with Gasteiger partial charge in [-0.3, -0.25) is 4.79 Å². The lowest BCUT2D eigenvalue weighted by molar-refractivity contribution is -0.123. The molecule has 2 unspecified atom stereocenters. The van der Waals surface area contributed by atoms with E-state index in [1.807, 2.05) is 0 Å². The fourth-order valence-corrected chi connectivity index (χ4v) is 3.42. The summed E-state index contributed by atoms with van der Waals surface area (Å²) in [6.45, 7) is 2.30.